The van der Waals surface area contributed by atoms with E-state index in [9.17, 15) is 38.6 Å². The number of carboxylic acid groups (broad SMARTS) is 1. The molecule has 0 fully saturated rings. The molecule has 0 radical (unpaired) electrons. The van der Waals surface area contributed by atoms with Crippen LogP contribution in [0.5, 0.6) is 16.7 Å². The molecule has 0 spiro atoms. The number of thiazole rings is 1. The summed E-state index contributed by atoms with van der Waals surface area (Å²) in [6, 6.07) is 24.6. The molecule has 3 atom stereocenters. The number of aliphatic carboxylic acids is 1. The molecule has 1 amide bonds. The van der Waals surface area contributed by atoms with Crippen LogP contribution < -0.4 is 14.8 Å². The number of anilines is 1. The summed E-state index contributed by atoms with van der Waals surface area (Å²) >= 11 is 4.17. The normalized spacial score (nSPS) is 15.9. The van der Waals surface area contributed by atoms with Crippen molar-refractivity contribution in [3.63, 3.8) is 0 Å². The average Bonchev–Trinajstić information content (AvgIpc) is 3.55. The Morgan fingerprint density at radius 2 is 1.67 bits per heavy atom. The SMILES string of the molecule is C.CC(=O)CCC(=O)C1=C[C@@H](Oc2cc(F)ccc2Br)[C@H](O)[C@H](O)C1.Cc1cccc(Oc2nc(NC(=O)C(=O)O)c(C(=O)Cc3ccc4ccccc4c3)s2)c1. The number of fused-ring (bicyclic) bond motifs is 1. The van der Waals surface area contributed by atoms with Crippen LogP contribution in [0.25, 0.3) is 10.8 Å². The highest BCUT2D eigenvalue weighted by molar-refractivity contribution is 9.10. The van der Waals surface area contributed by atoms with Gasteiger partial charge in [0, 0.05) is 31.7 Å². The van der Waals surface area contributed by atoms with Crippen LogP contribution in [0.4, 0.5) is 10.2 Å². The summed E-state index contributed by atoms with van der Waals surface area (Å²) in [5, 5.41) is 33.4. The van der Waals surface area contributed by atoms with E-state index in [-0.39, 0.29) is 72.1 Å². The van der Waals surface area contributed by atoms with E-state index >= 15 is 0 Å². The predicted octanol–water partition coefficient (Wildman–Crippen LogP) is 7.81. The van der Waals surface area contributed by atoms with Gasteiger partial charge in [-0.15, -0.1) is 0 Å². The number of carbonyl (C=O) groups excluding carboxylic acids is 4. The van der Waals surface area contributed by atoms with Crippen molar-refractivity contribution in [3.8, 4) is 16.7 Å². The third-order valence-corrected chi connectivity index (χ3v) is 10.0. The Labute approximate surface area is 340 Å². The van der Waals surface area contributed by atoms with Crippen molar-refractivity contribution in [2.45, 2.75) is 65.3 Å². The number of amides is 1. The van der Waals surface area contributed by atoms with E-state index < -0.39 is 36.0 Å². The maximum absolute atomic E-state index is 13.3. The molecule has 4 N–H and O–H groups in total. The zero-order valence-electron chi connectivity index (χ0n) is 30.0. The Morgan fingerprint density at radius 1 is 0.930 bits per heavy atom. The van der Waals surface area contributed by atoms with Crippen molar-refractivity contribution < 1.29 is 53.2 Å². The number of Topliss-reactive ketones (excluding diaryl/α,β-unsaturated/α-hetero) is 3. The molecule has 5 aromatic rings. The van der Waals surface area contributed by atoms with E-state index in [1.165, 1.54) is 25.1 Å². The zero-order valence-corrected chi connectivity index (χ0v) is 32.4. The number of hydrogen-bond acceptors (Lipinski definition) is 11. The van der Waals surface area contributed by atoms with Crippen molar-refractivity contribution in [3.05, 3.63) is 123 Å². The number of aliphatic hydroxyl groups excluding tert-OH is 2. The standard InChI is InChI=1S/C24H18N2O5S.C17H18BrFO5.CH4/c1-14-5-4-8-18(11-14)31-24-26-21(25-22(28)23(29)30)20(32-24)19(27)13-15-9-10-16-6-2-3-7-17(16)12-15;1-9(20)2-5-13(21)10-6-14(22)17(23)16(7-10)24-15-8-11(19)3-4-12(15)18;/h2-12H,13H2,1H3,(H,25,28)(H,29,30);3-4,7-8,14,16-17,22-23H,2,5-6H2,1H3;1H4/t;14-,16-,17-;/m.1./s1. The van der Waals surface area contributed by atoms with E-state index in [0.29, 0.717) is 15.8 Å². The number of ketones is 3. The Bertz CT molecular complexity index is 2330. The average molecular weight is 864 g/mol. The maximum atomic E-state index is 13.3. The number of carboxylic acids is 1. The van der Waals surface area contributed by atoms with Crippen LogP contribution in [0, 0.1) is 12.7 Å². The number of aliphatic hydroxyl groups is 2. The molecule has 0 saturated carbocycles. The summed E-state index contributed by atoms with van der Waals surface area (Å²) in [5.74, 6) is -3.61. The van der Waals surface area contributed by atoms with Crippen LogP contribution >= 0.6 is 27.3 Å². The van der Waals surface area contributed by atoms with E-state index in [4.69, 9.17) is 14.6 Å². The fourth-order valence-electron chi connectivity index (χ4n) is 5.58. The van der Waals surface area contributed by atoms with Gasteiger partial charge in [-0.05, 0) is 87.6 Å². The first-order valence-electron chi connectivity index (χ1n) is 17.2. The Balaban J connectivity index is 0.000000259. The molecule has 298 valence electrons. The topological polar surface area (TPSA) is 189 Å². The highest BCUT2D eigenvalue weighted by Gasteiger charge is 2.34. The summed E-state index contributed by atoms with van der Waals surface area (Å²) in [7, 11) is 0. The van der Waals surface area contributed by atoms with Crippen molar-refractivity contribution >= 4 is 73.1 Å². The second kappa shape index (κ2) is 20.0. The number of ether oxygens (including phenoxy) is 2. The van der Waals surface area contributed by atoms with Crippen LogP contribution in [-0.2, 0) is 25.6 Å². The number of hydrogen-bond donors (Lipinski definition) is 4. The minimum absolute atomic E-state index is 0. The third kappa shape index (κ3) is 12.2. The zero-order chi connectivity index (χ0) is 40.5. The molecule has 1 aromatic heterocycles. The van der Waals surface area contributed by atoms with Gasteiger partial charge in [-0.3, -0.25) is 19.7 Å². The monoisotopic (exact) mass is 862 g/mol. The van der Waals surface area contributed by atoms with Crippen LogP contribution in [-0.4, -0.2) is 67.8 Å². The third-order valence-electron chi connectivity index (χ3n) is 8.40. The fraction of sp³-hybridized carbons (Fsp3) is 0.238. The van der Waals surface area contributed by atoms with Crippen molar-refractivity contribution in [2.24, 2.45) is 0 Å². The highest BCUT2D eigenvalue weighted by Crippen LogP contribution is 2.34. The van der Waals surface area contributed by atoms with Crippen molar-refractivity contribution in [1.82, 2.24) is 4.98 Å². The lowest BCUT2D eigenvalue weighted by atomic mass is 9.88. The number of nitrogens with one attached hydrogen (secondary N) is 1. The van der Waals surface area contributed by atoms with Gasteiger partial charge in [-0.1, -0.05) is 73.4 Å². The molecule has 4 aromatic carbocycles. The number of halogens is 2. The second-order valence-electron chi connectivity index (χ2n) is 12.9. The Hall–Kier alpha value is -5.61. The van der Waals surface area contributed by atoms with E-state index in [1.807, 2.05) is 61.5 Å². The molecule has 57 heavy (non-hydrogen) atoms. The van der Waals surface area contributed by atoms with E-state index in [2.05, 4.69) is 26.2 Å². The lowest BCUT2D eigenvalue weighted by Gasteiger charge is -2.31. The minimum Gasteiger partial charge on any atom is -0.482 e. The largest absolute Gasteiger partial charge is 0.482 e. The van der Waals surface area contributed by atoms with Gasteiger partial charge in [0.05, 0.1) is 10.6 Å². The number of aromatic nitrogens is 1. The summed E-state index contributed by atoms with van der Waals surface area (Å²) in [6.45, 7) is 3.31. The first-order valence-corrected chi connectivity index (χ1v) is 18.8. The molecular formula is C42H40BrFN2O10S. The Morgan fingerprint density at radius 3 is 2.37 bits per heavy atom. The van der Waals surface area contributed by atoms with Crippen LogP contribution in [0.2, 0.25) is 0 Å². The number of benzene rings is 4. The first kappa shape index (κ1) is 44.1. The minimum atomic E-state index is -1.67. The summed E-state index contributed by atoms with van der Waals surface area (Å²) in [4.78, 5) is 63.1. The lowest BCUT2D eigenvalue weighted by Crippen LogP contribution is -2.44. The molecule has 1 heterocycles. The molecule has 6 rings (SSSR count). The molecule has 0 saturated heterocycles. The van der Waals surface area contributed by atoms with E-state index in [1.54, 1.807) is 12.1 Å². The van der Waals surface area contributed by atoms with Gasteiger partial charge in [0.2, 0.25) is 0 Å². The highest BCUT2D eigenvalue weighted by atomic mass is 79.9. The number of carbonyl (C=O) groups is 5. The van der Waals surface area contributed by atoms with Gasteiger partial charge in [0.1, 0.15) is 40.2 Å². The summed E-state index contributed by atoms with van der Waals surface area (Å²) in [5.41, 5.74) is 2.07. The molecule has 1 aliphatic rings. The number of rotatable bonds is 12. The molecule has 0 aliphatic heterocycles. The van der Waals surface area contributed by atoms with Crippen LogP contribution in [0.1, 0.15) is 54.4 Å². The van der Waals surface area contributed by atoms with Gasteiger partial charge < -0.3 is 29.6 Å². The van der Waals surface area contributed by atoms with Gasteiger partial charge in [0.15, 0.2) is 17.4 Å². The molecule has 0 bridgehead atoms. The van der Waals surface area contributed by atoms with Gasteiger partial charge in [-0.2, -0.15) is 4.98 Å². The maximum Gasteiger partial charge on any atom is 0.394 e. The molecular weight excluding hydrogens is 823 g/mol. The molecule has 15 heteroatoms. The van der Waals surface area contributed by atoms with Crippen molar-refractivity contribution in [1.29, 1.82) is 0 Å². The van der Waals surface area contributed by atoms with Gasteiger partial charge in [0.25, 0.3) is 5.19 Å². The van der Waals surface area contributed by atoms with Crippen LogP contribution in [0.15, 0.2) is 101 Å². The van der Waals surface area contributed by atoms with Crippen molar-refractivity contribution in [2.75, 3.05) is 5.32 Å². The number of aryl methyl sites for hydroxylation is 1. The molecule has 12 nitrogen and oxygen atoms in total. The smallest absolute Gasteiger partial charge is 0.394 e. The Kier molecular flexibility index (Phi) is 15.5. The van der Waals surface area contributed by atoms with Gasteiger partial charge >= 0.3 is 11.9 Å². The van der Waals surface area contributed by atoms with Gasteiger partial charge in [-0.25, -0.2) is 9.18 Å². The second-order valence-corrected chi connectivity index (χ2v) is 14.7. The summed E-state index contributed by atoms with van der Waals surface area (Å²) in [6.07, 6.45) is -1.78. The quantitative estimate of drug-likeness (QED) is 0.0707. The summed E-state index contributed by atoms with van der Waals surface area (Å²) < 4.78 is 25.1. The number of nitrogens with zero attached hydrogens (tertiary/aromatic N) is 1. The van der Waals surface area contributed by atoms with Crippen LogP contribution in [0.3, 0.4) is 0 Å². The lowest BCUT2D eigenvalue weighted by molar-refractivity contribution is -0.147. The fourth-order valence-corrected chi connectivity index (χ4v) is 6.75. The molecule has 1 aliphatic carbocycles. The molecule has 0 unspecified atom stereocenters. The van der Waals surface area contributed by atoms with E-state index in [0.717, 1.165) is 39.3 Å². The first-order chi connectivity index (χ1) is 26.7. The predicted molar refractivity (Wildman–Crippen MR) is 216 cm³/mol.